The Balaban J connectivity index is 2.59. The fourth-order valence-corrected chi connectivity index (χ4v) is 2.69. The molecule has 0 saturated carbocycles. The van der Waals surface area contributed by atoms with Gasteiger partial charge < -0.3 is 5.11 Å². The van der Waals surface area contributed by atoms with Gasteiger partial charge in [0.25, 0.3) is 0 Å². The van der Waals surface area contributed by atoms with Crippen LogP contribution in [0.3, 0.4) is 0 Å². The van der Waals surface area contributed by atoms with Crippen molar-refractivity contribution in [3.63, 3.8) is 0 Å². The molecule has 0 fully saturated rings. The Morgan fingerprint density at radius 3 is 2.12 bits per heavy atom. The summed E-state index contributed by atoms with van der Waals surface area (Å²) in [6.45, 7) is 12.9. The minimum Gasteiger partial charge on any atom is -0.507 e. The van der Waals surface area contributed by atoms with E-state index in [-0.39, 0.29) is 10.8 Å². The molecule has 2 aromatic carbocycles. The van der Waals surface area contributed by atoms with Crippen LogP contribution in [0.15, 0.2) is 46.3 Å². The number of thiol groups is 1. The normalized spacial score (nSPS) is 12.8. The van der Waals surface area contributed by atoms with E-state index in [0.717, 1.165) is 21.7 Å². The van der Waals surface area contributed by atoms with Crippen molar-refractivity contribution in [2.24, 2.45) is 4.99 Å². The molecule has 0 aliphatic rings. The van der Waals surface area contributed by atoms with Gasteiger partial charge in [-0.2, -0.15) is 0 Å². The molecule has 2 nitrogen and oxygen atoms in total. The van der Waals surface area contributed by atoms with Crippen molar-refractivity contribution < 1.29 is 5.11 Å². The molecule has 128 valence electrons. The highest BCUT2D eigenvalue weighted by Crippen LogP contribution is 2.37. The Labute approximate surface area is 151 Å². The van der Waals surface area contributed by atoms with Gasteiger partial charge in [-0.3, -0.25) is 4.99 Å². The van der Waals surface area contributed by atoms with E-state index < -0.39 is 0 Å². The zero-order chi connectivity index (χ0) is 18.1. The summed E-state index contributed by atoms with van der Waals surface area (Å²) in [7, 11) is 0. The predicted molar refractivity (Wildman–Crippen MR) is 106 cm³/mol. The highest BCUT2D eigenvalue weighted by molar-refractivity contribution is 7.80. The third kappa shape index (κ3) is 4.21. The third-order valence-corrected chi connectivity index (χ3v) is 4.42. The smallest absolute Gasteiger partial charge is 0.128 e. The molecule has 2 rings (SSSR count). The van der Waals surface area contributed by atoms with Crippen LogP contribution >= 0.6 is 12.6 Å². The average molecular weight is 342 g/mol. The van der Waals surface area contributed by atoms with Gasteiger partial charge in [-0.15, -0.1) is 12.6 Å². The quantitative estimate of drug-likeness (QED) is 0.507. The van der Waals surface area contributed by atoms with Crippen LogP contribution in [0.5, 0.6) is 5.75 Å². The van der Waals surface area contributed by atoms with E-state index in [1.165, 1.54) is 5.56 Å². The third-order valence-electron chi connectivity index (χ3n) is 4.04. The van der Waals surface area contributed by atoms with Gasteiger partial charge in [0, 0.05) is 22.2 Å². The van der Waals surface area contributed by atoms with Crippen molar-refractivity contribution in [2.45, 2.75) is 57.3 Å². The lowest BCUT2D eigenvalue weighted by Crippen LogP contribution is -2.17. The number of aromatic hydroxyl groups is 1. The number of para-hydroxylation sites is 1. The van der Waals surface area contributed by atoms with E-state index in [1.807, 2.05) is 30.3 Å². The van der Waals surface area contributed by atoms with Gasteiger partial charge in [0.05, 0.1) is 5.69 Å². The summed E-state index contributed by atoms with van der Waals surface area (Å²) in [5.41, 5.74) is 3.51. The van der Waals surface area contributed by atoms with E-state index in [0.29, 0.717) is 5.75 Å². The summed E-state index contributed by atoms with van der Waals surface area (Å²) in [5.74, 6) is 0.302. The second kappa shape index (κ2) is 6.64. The van der Waals surface area contributed by atoms with Crippen molar-refractivity contribution in [1.82, 2.24) is 0 Å². The number of hydrogen-bond donors (Lipinski definition) is 2. The van der Waals surface area contributed by atoms with Gasteiger partial charge in [-0.1, -0.05) is 59.7 Å². The van der Waals surface area contributed by atoms with Crippen molar-refractivity contribution in [3.8, 4) is 5.75 Å². The zero-order valence-electron chi connectivity index (χ0n) is 15.4. The first-order valence-corrected chi connectivity index (χ1v) is 8.65. The first kappa shape index (κ1) is 18.6. The lowest BCUT2D eigenvalue weighted by Gasteiger charge is -2.27. The van der Waals surface area contributed by atoms with Gasteiger partial charge in [0.15, 0.2) is 0 Å². The number of phenols is 1. The summed E-state index contributed by atoms with van der Waals surface area (Å²) in [6, 6.07) is 11.8. The van der Waals surface area contributed by atoms with Gasteiger partial charge >= 0.3 is 0 Å². The summed E-state index contributed by atoms with van der Waals surface area (Å²) in [4.78, 5) is 5.34. The van der Waals surface area contributed by atoms with Crippen LogP contribution < -0.4 is 0 Å². The molecule has 24 heavy (non-hydrogen) atoms. The van der Waals surface area contributed by atoms with Gasteiger partial charge in [-0.05, 0) is 34.6 Å². The number of nitrogens with zero attached hydrogens (tertiary/aromatic N) is 1. The van der Waals surface area contributed by atoms with Gasteiger partial charge in [0.1, 0.15) is 5.75 Å². The molecule has 0 bridgehead atoms. The fraction of sp³-hybridized carbons (Fsp3) is 0.381. The Hall–Kier alpha value is -1.74. The Morgan fingerprint density at radius 1 is 0.958 bits per heavy atom. The molecule has 0 saturated heterocycles. The largest absolute Gasteiger partial charge is 0.507 e. The lowest BCUT2D eigenvalue weighted by atomic mass is 9.79. The van der Waals surface area contributed by atoms with Crippen LogP contribution in [0.2, 0.25) is 0 Å². The summed E-state index contributed by atoms with van der Waals surface area (Å²) >= 11 is 4.43. The highest BCUT2D eigenvalue weighted by Gasteiger charge is 2.24. The zero-order valence-corrected chi connectivity index (χ0v) is 16.3. The van der Waals surface area contributed by atoms with Crippen molar-refractivity contribution in [1.29, 1.82) is 0 Å². The van der Waals surface area contributed by atoms with E-state index in [9.17, 15) is 5.11 Å². The molecule has 3 heteroatoms. The molecule has 0 aliphatic heterocycles. The van der Waals surface area contributed by atoms with E-state index in [2.05, 4.69) is 65.2 Å². The average Bonchev–Trinajstić information content (AvgIpc) is 2.45. The lowest BCUT2D eigenvalue weighted by molar-refractivity contribution is 0.444. The van der Waals surface area contributed by atoms with Crippen molar-refractivity contribution >= 4 is 24.5 Å². The maximum absolute atomic E-state index is 10.8. The molecule has 0 spiro atoms. The highest BCUT2D eigenvalue weighted by atomic mass is 32.1. The molecule has 2 aromatic rings. The predicted octanol–water partition coefficient (Wildman–Crippen LogP) is 6.03. The topological polar surface area (TPSA) is 32.6 Å². The van der Waals surface area contributed by atoms with Gasteiger partial charge in [-0.25, -0.2) is 0 Å². The van der Waals surface area contributed by atoms with E-state index in [4.69, 9.17) is 0 Å². The molecular formula is C21H27NOS. The molecule has 0 aliphatic carbocycles. The molecule has 0 aromatic heterocycles. The van der Waals surface area contributed by atoms with Gasteiger partial charge in [0.2, 0.25) is 0 Å². The van der Waals surface area contributed by atoms with Crippen LogP contribution in [0, 0.1) is 0 Å². The second-order valence-electron chi connectivity index (χ2n) is 8.21. The Morgan fingerprint density at radius 2 is 1.58 bits per heavy atom. The fourth-order valence-electron chi connectivity index (χ4n) is 2.47. The molecule has 0 heterocycles. The SMILES string of the molecule is CC(C)(C)c1cc(/C=N/c2ccccc2S)c(O)c(C(C)(C)C)c1. The maximum atomic E-state index is 10.8. The summed E-state index contributed by atoms with van der Waals surface area (Å²) in [6.07, 6.45) is 1.73. The van der Waals surface area contributed by atoms with Crippen LogP contribution in [0.1, 0.15) is 58.2 Å². The summed E-state index contributed by atoms with van der Waals surface area (Å²) < 4.78 is 0. The van der Waals surface area contributed by atoms with E-state index >= 15 is 0 Å². The molecular weight excluding hydrogens is 314 g/mol. The van der Waals surface area contributed by atoms with E-state index in [1.54, 1.807) is 6.21 Å². The second-order valence-corrected chi connectivity index (χ2v) is 8.69. The number of benzene rings is 2. The minimum absolute atomic E-state index is 0.00224. The monoisotopic (exact) mass is 341 g/mol. The number of hydrogen-bond acceptors (Lipinski definition) is 3. The van der Waals surface area contributed by atoms with Crippen LogP contribution in [-0.2, 0) is 10.8 Å². The maximum Gasteiger partial charge on any atom is 0.128 e. The first-order valence-electron chi connectivity index (χ1n) is 8.20. The molecule has 0 amide bonds. The minimum atomic E-state index is -0.143. The molecule has 0 radical (unpaired) electrons. The Bertz CT molecular complexity index is 764. The summed E-state index contributed by atoms with van der Waals surface area (Å²) in [5, 5.41) is 10.8. The number of phenolic OH excluding ortho intramolecular Hbond substituents is 1. The molecule has 1 N–H and O–H groups in total. The standard InChI is InChI=1S/C21H27NOS/c1-20(2,3)15-11-14(19(23)16(12-15)21(4,5)6)13-22-17-9-7-8-10-18(17)24/h7-13,23-24H,1-6H3/b22-13+. The molecule has 0 atom stereocenters. The Kier molecular flexibility index (Phi) is 5.14. The first-order chi connectivity index (χ1) is 11.0. The van der Waals surface area contributed by atoms with Crippen molar-refractivity contribution in [2.75, 3.05) is 0 Å². The van der Waals surface area contributed by atoms with Crippen LogP contribution in [0.25, 0.3) is 0 Å². The van der Waals surface area contributed by atoms with Crippen LogP contribution in [-0.4, -0.2) is 11.3 Å². The number of aliphatic imine (C=N–C) groups is 1. The number of rotatable bonds is 2. The van der Waals surface area contributed by atoms with Crippen LogP contribution in [0.4, 0.5) is 5.69 Å². The molecule has 0 unspecified atom stereocenters. The van der Waals surface area contributed by atoms with Crippen molar-refractivity contribution in [3.05, 3.63) is 53.1 Å².